The molecule has 10 heteroatoms. The molecule has 3 rings (SSSR count). The average Bonchev–Trinajstić information content (AvgIpc) is 3.02. The monoisotopic (exact) mass is 426 g/mol. The molecule has 1 aliphatic heterocycles. The van der Waals surface area contributed by atoms with Gasteiger partial charge in [-0.2, -0.15) is 13.2 Å². The van der Waals surface area contributed by atoms with Gasteiger partial charge in [0.1, 0.15) is 5.84 Å². The van der Waals surface area contributed by atoms with Crippen molar-refractivity contribution in [3.8, 4) is 0 Å². The molecule has 0 bridgehead atoms. The van der Waals surface area contributed by atoms with Gasteiger partial charge in [0, 0.05) is 30.2 Å². The maximum absolute atomic E-state index is 13.2. The van der Waals surface area contributed by atoms with E-state index in [9.17, 15) is 18.0 Å². The Morgan fingerprint density at radius 3 is 2.55 bits per heavy atom. The molecule has 1 fully saturated rings. The first kappa shape index (κ1) is 20.9. The van der Waals surface area contributed by atoms with E-state index in [2.05, 4.69) is 0 Å². The van der Waals surface area contributed by atoms with E-state index in [1.165, 1.54) is 15.9 Å². The minimum Gasteiger partial charge on any atom is -0.321 e. The van der Waals surface area contributed by atoms with Crippen molar-refractivity contribution in [2.45, 2.75) is 18.6 Å². The first-order valence-electron chi connectivity index (χ1n) is 8.69. The molecule has 0 radical (unpaired) electrons. The number of anilines is 1. The Hall–Kier alpha value is -2.78. The predicted molar refractivity (Wildman–Crippen MR) is 102 cm³/mol. The highest BCUT2D eigenvalue weighted by Crippen LogP contribution is 2.37. The molecule has 3 N–H and O–H groups in total. The molecular formula is C19H18ClF3N4O2. The van der Waals surface area contributed by atoms with Gasteiger partial charge in [0.25, 0.3) is 0 Å². The zero-order chi connectivity index (χ0) is 21.2. The largest absolute Gasteiger partial charge is 0.416 e. The number of benzene rings is 2. The molecule has 1 saturated heterocycles. The zero-order valence-corrected chi connectivity index (χ0v) is 15.8. The van der Waals surface area contributed by atoms with Crippen LogP contribution in [0.4, 0.5) is 23.7 Å². The fraction of sp³-hybridized carbons (Fsp3) is 0.263. The Balaban J connectivity index is 1.96. The lowest BCUT2D eigenvalue weighted by atomic mass is 10.0. The highest BCUT2D eigenvalue weighted by Gasteiger charge is 2.40. The molecule has 0 aliphatic carbocycles. The Morgan fingerprint density at radius 1 is 1.24 bits per heavy atom. The molecule has 29 heavy (non-hydrogen) atoms. The van der Waals surface area contributed by atoms with Crippen LogP contribution in [0.15, 0.2) is 48.5 Å². The summed E-state index contributed by atoms with van der Waals surface area (Å²) in [6.45, 7) is 0.270. The number of halogens is 4. The summed E-state index contributed by atoms with van der Waals surface area (Å²) in [6, 6.07) is 10.3. The van der Waals surface area contributed by atoms with Gasteiger partial charge < -0.3 is 4.90 Å². The lowest BCUT2D eigenvalue weighted by Gasteiger charge is -2.24. The topological polar surface area (TPSA) is 79.7 Å². The normalized spacial score (nSPS) is 17.0. The van der Waals surface area contributed by atoms with Crippen LogP contribution in [0.1, 0.15) is 23.6 Å². The number of hydrogen-bond donors (Lipinski definition) is 3. The first-order valence-corrected chi connectivity index (χ1v) is 9.07. The van der Waals surface area contributed by atoms with Crippen LogP contribution < -0.4 is 10.4 Å². The van der Waals surface area contributed by atoms with Gasteiger partial charge in [-0.25, -0.2) is 4.79 Å². The molecule has 6 nitrogen and oxygen atoms in total. The lowest BCUT2D eigenvalue weighted by molar-refractivity contribution is -0.137. The van der Waals surface area contributed by atoms with Crippen molar-refractivity contribution in [1.29, 1.82) is 5.41 Å². The van der Waals surface area contributed by atoms with E-state index in [0.29, 0.717) is 16.3 Å². The van der Waals surface area contributed by atoms with Gasteiger partial charge in [0.05, 0.1) is 11.6 Å². The number of nitrogens with zero attached hydrogens (tertiary/aromatic N) is 2. The van der Waals surface area contributed by atoms with Crippen molar-refractivity contribution < 1.29 is 23.2 Å². The number of nitrogens with one attached hydrogen (secondary N) is 2. The summed E-state index contributed by atoms with van der Waals surface area (Å²) in [5.41, 5.74) is 1.77. The van der Waals surface area contributed by atoms with Gasteiger partial charge in [0.15, 0.2) is 0 Å². The van der Waals surface area contributed by atoms with Crippen LogP contribution >= 0.6 is 11.6 Å². The zero-order valence-electron chi connectivity index (χ0n) is 15.1. The maximum Gasteiger partial charge on any atom is 0.416 e. The van der Waals surface area contributed by atoms with Gasteiger partial charge >= 0.3 is 12.2 Å². The quantitative estimate of drug-likeness (QED) is 0.368. The van der Waals surface area contributed by atoms with E-state index in [-0.39, 0.29) is 25.3 Å². The van der Waals surface area contributed by atoms with Crippen LogP contribution in [-0.2, 0) is 6.18 Å². The van der Waals surface area contributed by atoms with Crippen LogP contribution in [-0.4, -0.2) is 35.1 Å². The van der Waals surface area contributed by atoms with Crippen LogP contribution in [0.3, 0.4) is 0 Å². The van der Waals surface area contributed by atoms with Gasteiger partial charge in [-0.05, 0) is 42.0 Å². The van der Waals surface area contributed by atoms with Gasteiger partial charge in [-0.15, -0.1) is 0 Å². The second-order valence-electron chi connectivity index (χ2n) is 6.55. The molecule has 1 aliphatic rings. The van der Waals surface area contributed by atoms with E-state index >= 15 is 0 Å². The third-order valence-corrected chi connectivity index (χ3v) is 4.90. The van der Waals surface area contributed by atoms with Gasteiger partial charge in [0.2, 0.25) is 0 Å². The Labute approximate surface area is 170 Å². The third kappa shape index (κ3) is 4.63. The standard InChI is InChI=1S/C19H18ClF3N4O2/c20-14-4-6-15(7-5-14)27-16(11-26(18(27)28)9-8-17(24)25-29)12-2-1-3-13(10-12)19(21,22)23/h1-7,10,16,29H,8-9,11H2,(H2,24,25). The fourth-order valence-electron chi connectivity index (χ4n) is 3.21. The summed E-state index contributed by atoms with van der Waals surface area (Å²) < 4.78 is 39.5. The van der Waals surface area contributed by atoms with E-state index < -0.39 is 23.8 Å². The van der Waals surface area contributed by atoms with Crippen molar-refractivity contribution in [2.75, 3.05) is 18.0 Å². The smallest absolute Gasteiger partial charge is 0.321 e. The average molecular weight is 427 g/mol. The molecule has 1 unspecified atom stereocenters. The van der Waals surface area contributed by atoms with Crippen molar-refractivity contribution >= 4 is 29.2 Å². The van der Waals surface area contributed by atoms with Gasteiger partial charge in [-0.1, -0.05) is 23.7 Å². The number of hydrogen-bond acceptors (Lipinski definition) is 3. The van der Waals surface area contributed by atoms with Crippen molar-refractivity contribution in [1.82, 2.24) is 10.4 Å². The van der Waals surface area contributed by atoms with Crippen LogP contribution in [0.5, 0.6) is 0 Å². The first-order chi connectivity index (χ1) is 13.7. The van der Waals surface area contributed by atoms with E-state index in [4.69, 9.17) is 22.2 Å². The summed E-state index contributed by atoms with van der Waals surface area (Å²) in [6.07, 6.45) is -4.42. The second-order valence-corrected chi connectivity index (χ2v) is 6.99. The van der Waals surface area contributed by atoms with Crippen molar-refractivity contribution in [3.63, 3.8) is 0 Å². The highest BCUT2D eigenvalue weighted by molar-refractivity contribution is 6.30. The lowest BCUT2D eigenvalue weighted by Crippen LogP contribution is -2.34. The number of rotatable bonds is 5. The van der Waals surface area contributed by atoms with Gasteiger partial charge in [-0.3, -0.25) is 21.0 Å². The number of carbonyl (C=O) groups excluding carboxylic acids is 1. The highest BCUT2D eigenvalue weighted by atomic mass is 35.5. The van der Waals surface area contributed by atoms with Crippen LogP contribution in [0.25, 0.3) is 0 Å². The molecule has 1 atom stereocenters. The van der Waals surface area contributed by atoms with E-state index in [1.807, 2.05) is 0 Å². The molecule has 1 heterocycles. The molecule has 0 aromatic heterocycles. The molecule has 0 spiro atoms. The SMILES string of the molecule is N=C(CCN1CC(c2cccc(C(F)(F)F)c2)N(c2ccc(Cl)cc2)C1=O)NO. The fourth-order valence-corrected chi connectivity index (χ4v) is 3.34. The Bertz CT molecular complexity index is 905. The van der Waals surface area contributed by atoms with E-state index in [0.717, 1.165) is 12.1 Å². The summed E-state index contributed by atoms with van der Waals surface area (Å²) in [5, 5.41) is 16.7. The number of amidine groups is 1. The maximum atomic E-state index is 13.2. The minimum atomic E-state index is -4.49. The molecule has 0 saturated carbocycles. The Kier molecular flexibility index (Phi) is 5.99. The molecule has 2 amide bonds. The number of urea groups is 1. The van der Waals surface area contributed by atoms with Crippen molar-refractivity contribution in [3.05, 3.63) is 64.7 Å². The molecule has 2 aromatic rings. The van der Waals surface area contributed by atoms with E-state index in [1.54, 1.807) is 35.8 Å². The Morgan fingerprint density at radius 2 is 1.93 bits per heavy atom. The summed E-state index contributed by atoms with van der Waals surface area (Å²) >= 11 is 5.92. The summed E-state index contributed by atoms with van der Waals surface area (Å²) in [7, 11) is 0. The summed E-state index contributed by atoms with van der Waals surface area (Å²) in [4.78, 5) is 15.9. The molecule has 2 aromatic carbocycles. The number of amides is 2. The van der Waals surface area contributed by atoms with Crippen LogP contribution in [0, 0.1) is 5.41 Å². The number of alkyl halides is 3. The number of hydroxylamine groups is 1. The number of carbonyl (C=O) groups is 1. The minimum absolute atomic E-state index is 0.0754. The molecular weight excluding hydrogens is 409 g/mol. The van der Waals surface area contributed by atoms with Crippen LogP contribution in [0.2, 0.25) is 5.02 Å². The second kappa shape index (κ2) is 8.30. The predicted octanol–water partition coefficient (Wildman–Crippen LogP) is 4.69. The summed E-state index contributed by atoms with van der Waals surface area (Å²) in [5.74, 6) is -0.168. The molecule has 154 valence electrons. The third-order valence-electron chi connectivity index (χ3n) is 4.65. The van der Waals surface area contributed by atoms with Crippen molar-refractivity contribution in [2.24, 2.45) is 0 Å².